The van der Waals surface area contributed by atoms with Gasteiger partial charge in [0, 0.05) is 12.0 Å². The van der Waals surface area contributed by atoms with Crippen LogP contribution in [0.1, 0.15) is 52.4 Å². The number of aliphatic imine (C=N–C) groups is 1. The van der Waals surface area contributed by atoms with Crippen molar-refractivity contribution in [1.29, 1.82) is 0 Å². The molecule has 2 rings (SSSR count). The van der Waals surface area contributed by atoms with Crippen molar-refractivity contribution in [3.05, 3.63) is 39.5 Å². The van der Waals surface area contributed by atoms with Crippen molar-refractivity contribution in [1.82, 2.24) is 0 Å². The molecule has 1 aromatic rings. The van der Waals surface area contributed by atoms with Gasteiger partial charge in [0.25, 0.3) is 0 Å². The maximum atomic E-state index is 12.0. The zero-order valence-corrected chi connectivity index (χ0v) is 14.9. The monoisotopic (exact) mass is 343 g/mol. The summed E-state index contributed by atoms with van der Waals surface area (Å²) in [7, 11) is 1.36. The fourth-order valence-corrected chi connectivity index (χ4v) is 2.92. The maximum absolute atomic E-state index is 12.0. The molecule has 0 radical (unpaired) electrons. The van der Waals surface area contributed by atoms with Crippen molar-refractivity contribution < 1.29 is 23.9 Å². The normalized spacial score (nSPS) is 13.1. The van der Waals surface area contributed by atoms with E-state index in [0.717, 1.165) is 27.8 Å². The molecule has 0 amide bonds. The molecule has 0 aromatic heterocycles. The third kappa shape index (κ3) is 3.86. The van der Waals surface area contributed by atoms with Crippen LogP contribution in [0.25, 0.3) is 0 Å². The van der Waals surface area contributed by atoms with Crippen LogP contribution in [0.4, 0.5) is 5.69 Å². The molecular formula is C19H21NO5. The quantitative estimate of drug-likeness (QED) is 0.342. The number of hydrogen-bond acceptors (Lipinski definition) is 6. The van der Waals surface area contributed by atoms with Crippen molar-refractivity contribution in [2.45, 2.75) is 46.6 Å². The summed E-state index contributed by atoms with van der Waals surface area (Å²) >= 11 is 0. The van der Waals surface area contributed by atoms with Gasteiger partial charge in [-0.2, -0.15) is 4.99 Å². The lowest BCUT2D eigenvalue weighted by Gasteiger charge is -2.14. The summed E-state index contributed by atoms with van der Waals surface area (Å²) < 4.78 is 9.74. The summed E-state index contributed by atoms with van der Waals surface area (Å²) in [6.07, 6.45) is 4.92. The number of cyclic esters (lactones) is 1. The summed E-state index contributed by atoms with van der Waals surface area (Å²) in [6, 6.07) is 0. The van der Waals surface area contributed by atoms with Gasteiger partial charge >= 0.3 is 11.9 Å². The Labute approximate surface area is 146 Å². The molecule has 1 aliphatic heterocycles. The predicted molar refractivity (Wildman–Crippen MR) is 91.5 cm³/mol. The van der Waals surface area contributed by atoms with Crippen LogP contribution in [0.3, 0.4) is 0 Å². The second-order valence-electron chi connectivity index (χ2n) is 6.04. The number of hydrogen-bond donors (Lipinski definition) is 0. The number of carbonyl (C=O) groups excluding carboxylic acids is 3. The van der Waals surface area contributed by atoms with Gasteiger partial charge in [-0.25, -0.2) is 9.59 Å². The molecular weight excluding hydrogens is 322 g/mol. The summed E-state index contributed by atoms with van der Waals surface area (Å²) in [6.45, 7) is 6.00. The van der Waals surface area contributed by atoms with E-state index in [0.29, 0.717) is 30.5 Å². The van der Waals surface area contributed by atoms with Gasteiger partial charge in [0.05, 0.1) is 18.4 Å². The average molecular weight is 343 g/mol. The average Bonchev–Trinajstić information content (AvgIpc) is 2.98. The van der Waals surface area contributed by atoms with E-state index in [4.69, 9.17) is 4.74 Å². The van der Waals surface area contributed by atoms with Gasteiger partial charge in [-0.3, -0.25) is 4.79 Å². The summed E-state index contributed by atoms with van der Waals surface area (Å²) in [5.41, 5.74) is 5.26. The van der Waals surface area contributed by atoms with Gasteiger partial charge in [0.15, 0.2) is 0 Å². The fourth-order valence-electron chi connectivity index (χ4n) is 2.92. The molecule has 0 spiro atoms. The molecule has 1 aliphatic rings. The molecule has 0 saturated carbocycles. The van der Waals surface area contributed by atoms with E-state index < -0.39 is 5.97 Å². The van der Waals surface area contributed by atoms with E-state index in [9.17, 15) is 14.4 Å². The number of methoxy groups -OCH3 is 1. The Morgan fingerprint density at radius 3 is 2.68 bits per heavy atom. The van der Waals surface area contributed by atoms with Gasteiger partial charge in [-0.1, -0.05) is 11.6 Å². The molecule has 0 N–H and O–H groups in total. The SMILES string of the molecule is COC(=O)CC/C(C)=C/Cc1c(C)c(C)c2c(c1N=C=O)C(=O)OC2. The van der Waals surface area contributed by atoms with Crippen LogP contribution >= 0.6 is 0 Å². The fraction of sp³-hybridized carbons (Fsp3) is 0.421. The molecule has 1 heterocycles. The van der Waals surface area contributed by atoms with E-state index in [1.165, 1.54) is 7.11 Å². The Morgan fingerprint density at radius 1 is 1.32 bits per heavy atom. The molecule has 0 bridgehead atoms. The van der Waals surface area contributed by atoms with E-state index in [2.05, 4.69) is 9.73 Å². The van der Waals surface area contributed by atoms with Crippen LogP contribution in [0, 0.1) is 13.8 Å². The highest BCUT2D eigenvalue weighted by Gasteiger charge is 2.30. The van der Waals surface area contributed by atoms with Crippen LogP contribution in [0.5, 0.6) is 0 Å². The molecule has 0 aliphatic carbocycles. The molecule has 1 aromatic carbocycles. The molecule has 0 atom stereocenters. The van der Waals surface area contributed by atoms with Crippen molar-refractivity contribution >= 4 is 23.7 Å². The minimum Gasteiger partial charge on any atom is -0.469 e. The Kier molecular flexibility index (Phi) is 5.88. The number of benzene rings is 1. The molecule has 6 heteroatoms. The molecule has 25 heavy (non-hydrogen) atoms. The molecule has 0 fully saturated rings. The minimum absolute atomic E-state index is 0.205. The lowest BCUT2D eigenvalue weighted by atomic mass is 9.90. The van der Waals surface area contributed by atoms with Gasteiger partial charge in [0.1, 0.15) is 6.61 Å². The maximum Gasteiger partial charge on any atom is 0.341 e. The number of fused-ring (bicyclic) bond motifs is 1. The summed E-state index contributed by atoms with van der Waals surface area (Å²) in [4.78, 5) is 37.9. The largest absolute Gasteiger partial charge is 0.469 e. The number of ether oxygens (including phenoxy) is 2. The van der Waals surface area contributed by atoms with Crippen molar-refractivity contribution in [3.8, 4) is 0 Å². The van der Waals surface area contributed by atoms with Crippen molar-refractivity contribution in [2.24, 2.45) is 4.99 Å². The highest BCUT2D eigenvalue weighted by atomic mass is 16.5. The van der Waals surface area contributed by atoms with Gasteiger partial charge in [-0.05, 0) is 50.3 Å². The number of nitrogens with zero attached hydrogens (tertiary/aromatic N) is 1. The van der Waals surface area contributed by atoms with Crippen LogP contribution in [0.2, 0.25) is 0 Å². The van der Waals surface area contributed by atoms with E-state index in [1.54, 1.807) is 6.08 Å². The van der Waals surface area contributed by atoms with E-state index in [1.807, 2.05) is 26.8 Å². The first-order valence-corrected chi connectivity index (χ1v) is 8.03. The number of isocyanates is 1. The number of esters is 2. The third-order valence-electron chi connectivity index (χ3n) is 4.61. The molecule has 132 valence electrons. The topological polar surface area (TPSA) is 82.0 Å². The number of allylic oxidation sites excluding steroid dienone is 2. The van der Waals surface area contributed by atoms with E-state index in [-0.39, 0.29) is 12.6 Å². The summed E-state index contributed by atoms with van der Waals surface area (Å²) in [5, 5.41) is 0. The number of rotatable bonds is 6. The second kappa shape index (κ2) is 7.90. The second-order valence-corrected chi connectivity index (χ2v) is 6.04. The highest BCUT2D eigenvalue weighted by molar-refractivity contribution is 6.00. The van der Waals surface area contributed by atoms with Crippen molar-refractivity contribution in [2.75, 3.05) is 7.11 Å². The van der Waals surface area contributed by atoms with Crippen LogP contribution in [0.15, 0.2) is 16.6 Å². The lowest BCUT2D eigenvalue weighted by Crippen LogP contribution is -2.03. The smallest absolute Gasteiger partial charge is 0.341 e. The van der Waals surface area contributed by atoms with Crippen LogP contribution < -0.4 is 0 Å². The first-order valence-electron chi connectivity index (χ1n) is 8.03. The Morgan fingerprint density at radius 2 is 2.04 bits per heavy atom. The Hall–Kier alpha value is -2.72. The Bertz CT molecular complexity index is 801. The van der Waals surface area contributed by atoms with E-state index >= 15 is 0 Å². The molecule has 6 nitrogen and oxygen atoms in total. The van der Waals surface area contributed by atoms with Gasteiger partial charge in [0.2, 0.25) is 6.08 Å². The third-order valence-corrected chi connectivity index (χ3v) is 4.61. The molecule has 0 unspecified atom stereocenters. The lowest BCUT2D eigenvalue weighted by molar-refractivity contribution is -0.140. The predicted octanol–water partition coefficient (Wildman–Crippen LogP) is 3.38. The first kappa shape index (κ1) is 18.6. The van der Waals surface area contributed by atoms with Gasteiger partial charge in [-0.15, -0.1) is 0 Å². The Balaban J connectivity index is 2.39. The standard InChI is InChI=1S/C19H21NO5/c1-11(6-8-16(22)24-4)5-7-14-12(2)13(3)15-9-25-19(23)17(15)18(14)20-10-21/h5H,6-9H2,1-4H3/b11-5+. The zero-order chi connectivity index (χ0) is 18.6. The molecule has 0 saturated heterocycles. The van der Waals surface area contributed by atoms with Crippen molar-refractivity contribution in [3.63, 3.8) is 0 Å². The number of carbonyl (C=O) groups is 2. The first-order chi connectivity index (χ1) is 11.9. The van der Waals surface area contributed by atoms with Crippen LogP contribution in [-0.2, 0) is 32.1 Å². The zero-order valence-electron chi connectivity index (χ0n) is 14.9. The highest BCUT2D eigenvalue weighted by Crippen LogP contribution is 2.38. The van der Waals surface area contributed by atoms with Gasteiger partial charge < -0.3 is 9.47 Å². The summed E-state index contributed by atoms with van der Waals surface area (Å²) in [5.74, 6) is -0.717. The van der Waals surface area contributed by atoms with Crippen LogP contribution in [-0.4, -0.2) is 25.1 Å². The minimum atomic E-state index is -0.459.